The Labute approximate surface area is 213 Å². The molecule has 0 saturated carbocycles. The van der Waals surface area contributed by atoms with Crippen molar-refractivity contribution < 1.29 is 32.2 Å². The molecule has 0 spiro atoms. The molecule has 1 aliphatic heterocycles. The van der Waals surface area contributed by atoms with Gasteiger partial charge in [0.1, 0.15) is 36.6 Å². The molecule has 1 aliphatic rings. The molecule has 36 heavy (non-hydrogen) atoms. The second kappa shape index (κ2) is 11.1. The number of carbonyl (C=O) groups excluding carboxylic acids is 1. The fraction of sp³-hybridized carbons (Fsp3) is 0.455. The Kier molecular flexibility index (Phi) is 8.59. The van der Waals surface area contributed by atoms with Crippen LogP contribution in [-0.2, 0) is 25.2 Å². The first-order valence-corrected chi connectivity index (χ1v) is 11.5. The van der Waals surface area contributed by atoms with Crippen LogP contribution < -0.4 is 17.0 Å². The highest BCUT2D eigenvalue weighted by Crippen LogP contribution is 2.32. The lowest BCUT2D eigenvalue weighted by atomic mass is 10.1. The number of benzene rings is 1. The fourth-order valence-electron chi connectivity index (χ4n) is 3.37. The van der Waals surface area contributed by atoms with Crippen LogP contribution in [0.5, 0.6) is 0 Å². The fourth-order valence-corrected chi connectivity index (χ4v) is 3.70. The Balaban J connectivity index is 1.85. The summed E-state index contributed by atoms with van der Waals surface area (Å²) < 4.78 is 57.1. The summed E-state index contributed by atoms with van der Waals surface area (Å²) in [6, 6.07) is 5.50. The van der Waals surface area contributed by atoms with Gasteiger partial charge in [0.25, 0.3) is 5.56 Å². The molecule has 14 heteroatoms. The number of thiocarbonyl (C=S) groups is 1. The second-order valence-corrected chi connectivity index (χ2v) is 9.23. The standard InChI is InChI=1S/C22H23ClF3N3O6S/c1-10(2)17(27)19(31)35-14-7-16(29-8-13(22(24,25)26)18(30)28-21(29)32)34-15(14)9-33-20(36)11-3-5-12(23)6-4-11/h3-6,8,10,14-17H,7,9,27H2,1-2H3,(H,28,30,32)/t14-,15+,16+,17-/m0/s1. The van der Waals surface area contributed by atoms with Gasteiger partial charge >= 0.3 is 17.8 Å². The number of carbonyl (C=O) groups is 1. The maximum atomic E-state index is 13.2. The average molecular weight is 550 g/mol. The highest BCUT2D eigenvalue weighted by atomic mass is 35.5. The van der Waals surface area contributed by atoms with Crippen LogP contribution in [0.3, 0.4) is 0 Å². The van der Waals surface area contributed by atoms with Gasteiger partial charge < -0.3 is 19.9 Å². The van der Waals surface area contributed by atoms with E-state index in [9.17, 15) is 27.6 Å². The topological polar surface area (TPSA) is 126 Å². The number of hydrogen-bond acceptors (Lipinski definition) is 8. The predicted molar refractivity (Wildman–Crippen MR) is 127 cm³/mol. The second-order valence-electron chi connectivity index (χ2n) is 8.42. The molecule has 1 fully saturated rings. The lowest BCUT2D eigenvalue weighted by Gasteiger charge is -2.22. The maximum absolute atomic E-state index is 13.2. The molecule has 2 aromatic rings. The van der Waals surface area contributed by atoms with E-state index in [1.807, 2.05) is 0 Å². The molecule has 9 nitrogen and oxygen atoms in total. The minimum atomic E-state index is -5.01. The number of alkyl halides is 3. The SMILES string of the molecule is CC(C)[C@H](N)C(=O)O[C@H]1C[C@H](n2cc(C(F)(F)F)c(=O)[nH]c2=O)O[C@@H]1COC(=S)c1ccc(Cl)cc1. The molecule has 0 radical (unpaired) electrons. The lowest BCUT2D eigenvalue weighted by molar-refractivity contribution is -0.155. The molecule has 196 valence electrons. The number of esters is 1. The summed E-state index contributed by atoms with van der Waals surface area (Å²) in [5.41, 5.74) is 2.10. The van der Waals surface area contributed by atoms with E-state index in [0.29, 0.717) is 21.4 Å². The van der Waals surface area contributed by atoms with Gasteiger partial charge in [0.2, 0.25) is 0 Å². The number of ether oxygens (including phenoxy) is 3. The third kappa shape index (κ3) is 6.52. The first-order valence-electron chi connectivity index (χ1n) is 10.7. The smallest absolute Gasteiger partial charge is 0.423 e. The first kappa shape index (κ1) is 27.8. The maximum Gasteiger partial charge on any atom is 0.423 e. The van der Waals surface area contributed by atoms with Gasteiger partial charge in [-0.05, 0) is 42.4 Å². The lowest BCUT2D eigenvalue weighted by Crippen LogP contribution is -2.41. The van der Waals surface area contributed by atoms with Crippen LogP contribution in [0.1, 0.15) is 37.6 Å². The zero-order valence-electron chi connectivity index (χ0n) is 19.1. The Bertz CT molecular complexity index is 1230. The number of aromatic amines is 1. The summed E-state index contributed by atoms with van der Waals surface area (Å²) >= 11 is 11.1. The van der Waals surface area contributed by atoms with Crippen LogP contribution in [0.4, 0.5) is 13.2 Å². The van der Waals surface area contributed by atoms with E-state index < -0.39 is 53.4 Å². The Morgan fingerprint density at radius 1 is 1.31 bits per heavy atom. The molecule has 0 aliphatic carbocycles. The molecule has 4 atom stereocenters. The third-order valence-electron chi connectivity index (χ3n) is 5.48. The van der Waals surface area contributed by atoms with Crippen LogP contribution in [0, 0.1) is 5.92 Å². The molecule has 0 amide bonds. The highest BCUT2D eigenvalue weighted by molar-refractivity contribution is 7.80. The summed E-state index contributed by atoms with van der Waals surface area (Å²) in [5, 5.41) is 0.560. The van der Waals surface area contributed by atoms with Crippen molar-refractivity contribution in [2.45, 2.75) is 50.9 Å². The molecule has 3 N–H and O–H groups in total. The van der Waals surface area contributed by atoms with E-state index in [1.165, 1.54) is 0 Å². The predicted octanol–water partition coefficient (Wildman–Crippen LogP) is 2.78. The van der Waals surface area contributed by atoms with Gasteiger partial charge in [-0.15, -0.1) is 0 Å². The number of nitrogens with two attached hydrogens (primary N) is 1. The molecule has 1 saturated heterocycles. The van der Waals surface area contributed by atoms with Gasteiger partial charge in [0.05, 0.1) is 0 Å². The molecule has 2 heterocycles. The number of halogens is 4. The van der Waals surface area contributed by atoms with Crippen LogP contribution in [0.15, 0.2) is 40.1 Å². The number of aromatic nitrogens is 2. The minimum Gasteiger partial charge on any atom is -0.480 e. The van der Waals surface area contributed by atoms with Gasteiger partial charge in [-0.3, -0.25) is 19.1 Å². The van der Waals surface area contributed by atoms with E-state index in [4.69, 9.17) is 43.8 Å². The van der Waals surface area contributed by atoms with Gasteiger partial charge in [-0.25, -0.2) is 4.79 Å². The van der Waals surface area contributed by atoms with Gasteiger partial charge in [0.15, 0.2) is 5.05 Å². The van der Waals surface area contributed by atoms with Gasteiger partial charge in [0, 0.05) is 23.2 Å². The third-order valence-corrected chi connectivity index (χ3v) is 6.09. The number of hydrogen-bond donors (Lipinski definition) is 2. The summed E-state index contributed by atoms with van der Waals surface area (Å²) in [4.78, 5) is 38.0. The molecule has 3 rings (SSSR count). The van der Waals surface area contributed by atoms with E-state index in [1.54, 1.807) is 43.1 Å². The monoisotopic (exact) mass is 549 g/mol. The van der Waals surface area contributed by atoms with E-state index in [0.717, 1.165) is 0 Å². The van der Waals surface area contributed by atoms with Crippen molar-refractivity contribution in [2.24, 2.45) is 11.7 Å². The molecular weight excluding hydrogens is 527 g/mol. The molecule has 1 aromatic carbocycles. The first-order chi connectivity index (χ1) is 16.8. The minimum absolute atomic E-state index is 0.0724. The summed E-state index contributed by atoms with van der Waals surface area (Å²) in [6.45, 7) is 3.17. The van der Waals surface area contributed by atoms with Crippen LogP contribution in [-0.4, -0.2) is 45.4 Å². The molecular formula is C22H23ClF3N3O6S. The largest absolute Gasteiger partial charge is 0.480 e. The van der Waals surface area contributed by atoms with E-state index in [2.05, 4.69) is 0 Å². The molecule has 1 aromatic heterocycles. The number of H-pyrrole nitrogens is 1. The molecule has 0 bridgehead atoms. The zero-order chi connectivity index (χ0) is 26.8. The van der Waals surface area contributed by atoms with Crippen molar-refractivity contribution in [3.63, 3.8) is 0 Å². The molecule has 0 unspecified atom stereocenters. The van der Waals surface area contributed by atoms with E-state index >= 15 is 0 Å². The number of rotatable bonds is 7. The van der Waals surface area contributed by atoms with Crippen molar-refractivity contribution >= 4 is 34.8 Å². The number of nitrogens with zero attached hydrogens (tertiary/aromatic N) is 1. The van der Waals surface area contributed by atoms with Crippen molar-refractivity contribution in [3.8, 4) is 0 Å². The van der Waals surface area contributed by atoms with Crippen molar-refractivity contribution in [1.29, 1.82) is 0 Å². The van der Waals surface area contributed by atoms with Crippen molar-refractivity contribution in [1.82, 2.24) is 9.55 Å². The summed E-state index contributed by atoms with van der Waals surface area (Å²) in [6.07, 6.45) is -8.20. The number of nitrogens with one attached hydrogen (secondary N) is 1. The van der Waals surface area contributed by atoms with Gasteiger partial charge in [-0.2, -0.15) is 13.2 Å². The quantitative estimate of drug-likeness (QED) is 0.399. The van der Waals surface area contributed by atoms with E-state index in [-0.39, 0.29) is 24.0 Å². The highest BCUT2D eigenvalue weighted by Gasteiger charge is 2.42. The average Bonchev–Trinajstić information content (AvgIpc) is 3.18. The van der Waals surface area contributed by atoms with Crippen molar-refractivity contribution in [3.05, 3.63) is 67.4 Å². The Morgan fingerprint density at radius 3 is 2.53 bits per heavy atom. The van der Waals surface area contributed by atoms with Crippen LogP contribution in [0.2, 0.25) is 5.02 Å². The van der Waals surface area contributed by atoms with Crippen LogP contribution in [0.25, 0.3) is 0 Å². The van der Waals surface area contributed by atoms with Crippen LogP contribution >= 0.6 is 23.8 Å². The summed E-state index contributed by atoms with van der Waals surface area (Å²) in [7, 11) is 0. The Morgan fingerprint density at radius 2 is 1.94 bits per heavy atom. The zero-order valence-corrected chi connectivity index (χ0v) is 20.7. The van der Waals surface area contributed by atoms with Gasteiger partial charge in [-0.1, -0.05) is 25.4 Å². The normalized spacial score (nSPS) is 20.8. The van der Waals surface area contributed by atoms with Crippen molar-refractivity contribution in [2.75, 3.05) is 6.61 Å². The Hall–Kier alpha value is -2.74. The summed E-state index contributed by atoms with van der Waals surface area (Å²) in [5.74, 6) is -1.01.